The summed E-state index contributed by atoms with van der Waals surface area (Å²) in [7, 11) is 0. The molecule has 0 aliphatic carbocycles. The molecule has 3 rings (SSSR count). The number of benzene rings is 1. The molecule has 1 unspecified atom stereocenters. The molecule has 1 saturated heterocycles. The van der Waals surface area contributed by atoms with Crippen LogP contribution >= 0.6 is 0 Å². The molecule has 0 aromatic heterocycles. The Morgan fingerprint density at radius 2 is 1.95 bits per heavy atom. The Balaban J connectivity index is 1.75. The van der Waals surface area contributed by atoms with E-state index in [0.717, 1.165) is 5.56 Å². The smallest absolute Gasteiger partial charge is 0.358 e. The van der Waals surface area contributed by atoms with Gasteiger partial charge in [0.15, 0.2) is 5.70 Å². The van der Waals surface area contributed by atoms with Gasteiger partial charge >= 0.3 is 11.9 Å². The van der Waals surface area contributed by atoms with Crippen molar-refractivity contribution in [3.63, 3.8) is 0 Å². The van der Waals surface area contributed by atoms with Gasteiger partial charge in [-0.1, -0.05) is 30.3 Å². The third-order valence-electron chi connectivity index (χ3n) is 3.64. The summed E-state index contributed by atoms with van der Waals surface area (Å²) in [6.07, 6.45) is 0.737. The van der Waals surface area contributed by atoms with Gasteiger partial charge in [-0.3, -0.25) is 14.5 Å². The van der Waals surface area contributed by atoms with Gasteiger partial charge in [0.05, 0.1) is 6.04 Å². The number of esters is 2. The van der Waals surface area contributed by atoms with Crippen LogP contribution in [-0.2, 0) is 30.5 Å². The van der Waals surface area contributed by atoms with Crippen molar-refractivity contribution in [1.29, 1.82) is 0 Å². The van der Waals surface area contributed by atoms with Crippen LogP contribution in [0.5, 0.6) is 0 Å². The molecular formula is C16H15NO5. The Bertz CT molecular complexity index is 664. The third-order valence-corrected chi connectivity index (χ3v) is 3.64. The predicted octanol–water partition coefficient (Wildman–Crippen LogP) is 1.51. The topological polar surface area (TPSA) is 72.9 Å². The number of hydrogen-bond acceptors (Lipinski definition) is 5. The summed E-state index contributed by atoms with van der Waals surface area (Å²) in [6.45, 7) is 1.36. The number of ether oxygens (including phenoxy) is 2. The third kappa shape index (κ3) is 2.59. The lowest BCUT2D eigenvalue weighted by atomic mass is 10.0. The van der Waals surface area contributed by atoms with Gasteiger partial charge in [0, 0.05) is 19.8 Å². The van der Waals surface area contributed by atoms with Crippen LogP contribution in [0.1, 0.15) is 25.3 Å². The van der Waals surface area contributed by atoms with Crippen LogP contribution in [0.4, 0.5) is 0 Å². The molecule has 0 spiro atoms. The highest BCUT2D eigenvalue weighted by molar-refractivity contribution is 5.99. The maximum Gasteiger partial charge on any atom is 0.358 e. The van der Waals surface area contributed by atoms with E-state index in [9.17, 15) is 14.4 Å². The minimum atomic E-state index is -0.643. The monoisotopic (exact) mass is 301 g/mol. The van der Waals surface area contributed by atoms with Crippen molar-refractivity contribution < 1.29 is 23.9 Å². The first kappa shape index (κ1) is 14.3. The van der Waals surface area contributed by atoms with E-state index < -0.39 is 11.9 Å². The number of fused-ring (bicyclic) bond motifs is 1. The summed E-state index contributed by atoms with van der Waals surface area (Å²) in [5.74, 6) is -1.09. The summed E-state index contributed by atoms with van der Waals surface area (Å²) in [6, 6.07) is 9.13. The van der Waals surface area contributed by atoms with Crippen LogP contribution in [-0.4, -0.2) is 28.8 Å². The normalized spacial score (nSPS) is 19.6. The number of nitrogens with zero attached hydrogens (tertiary/aromatic N) is 1. The molecule has 0 N–H and O–H groups in total. The van der Waals surface area contributed by atoms with Crippen LogP contribution in [0.2, 0.25) is 0 Å². The SMILES string of the molecule is CC(=O)OC1=C(C(=O)OCc2ccccc2)N2C(=O)CC2C1. The molecule has 6 nitrogen and oxygen atoms in total. The van der Waals surface area contributed by atoms with Crippen molar-refractivity contribution in [3.8, 4) is 0 Å². The molecule has 2 aliphatic rings. The van der Waals surface area contributed by atoms with Crippen LogP contribution in [0.3, 0.4) is 0 Å². The van der Waals surface area contributed by atoms with Gasteiger partial charge in [0.1, 0.15) is 12.4 Å². The van der Waals surface area contributed by atoms with Gasteiger partial charge in [0.2, 0.25) is 5.91 Å². The van der Waals surface area contributed by atoms with Crippen LogP contribution in [0.15, 0.2) is 41.8 Å². The lowest BCUT2D eigenvalue weighted by molar-refractivity contribution is -0.151. The summed E-state index contributed by atoms with van der Waals surface area (Å²) >= 11 is 0. The van der Waals surface area contributed by atoms with E-state index in [1.807, 2.05) is 30.3 Å². The maximum absolute atomic E-state index is 12.3. The number of carbonyl (C=O) groups excluding carboxylic acids is 3. The Kier molecular flexibility index (Phi) is 3.66. The standard InChI is InChI=1S/C16H15NO5/c1-10(18)22-13-7-12-8-14(19)17(12)15(13)16(20)21-9-11-5-3-2-4-6-11/h2-6,12H,7-9H2,1H3. The number of amides is 1. The Labute approximate surface area is 127 Å². The summed E-state index contributed by atoms with van der Waals surface area (Å²) in [5, 5.41) is 0. The highest BCUT2D eigenvalue weighted by atomic mass is 16.6. The molecule has 0 bridgehead atoms. The molecule has 1 atom stereocenters. The maximum atomic E-state index is 12.3. The van der Waals surface area contributed by atoms with E-state index in [1.54, 1.807) is 0 Å². The molecule has 0 radical (unpaired) electrons. The Morgan fingerprint density at radius 1 is 1.23 bits per heavy atom. The van der Waals surface area contributed by atoms with Gasteiger partial charge in [-0.05, 0) is 5.56 Å². The molecule has 2 heterocycles. The van der Waals surface area contributed by atoms with E-state index >= 15 is 0 Å². The Hall–Kier alpha value is -2.63. The number of β-lactam (4-membered cyclic amide) rings is 1. The van der Waals surface area contributed by atoms with Crippen molar-refractivity contribution in [2.24, 2.45) is 0 Å². The molecule has 114 valence electrons. The van der Waals surface area contributed by atoms with Gasteiger partial charge in [-0.25, -0.2) is 4.79 Å². The zero-order chi connectivity index (χ0) is 15.7. The molecule has 1 fully saturated rings. The average molecular weight is 301 g/mol. The molecule has 1 amide bonds. The van der Waals surface area contributed by atoms with Crippen LogP contribution in [0.25, 0.3) is 0 Å². The number of hydrogen-bond donors (Lipinski definition) is 0. The molecule has 2 aliphatic heterocycles. The number of rotatable bonds is 4. The van der Waals surface area contributed by atoms with Crippen molar-refractivity contribution in [3.05, 3.63) is 47.4 Å². The highest BCUT2D eigenvalue weighted by Gasteiger charge is 2.49. The summed E-state index contributed by atoms with van der Waals surface area (Å²) < 4.78 is 10.3. The summed E-state index contributed by atoms with van der Waals surface area (Å²) in [5.41, 5.74) is 0.905. The van der Waals surface area contributed by atoms with E-state index in [4.69, 9.17) is 9.47 Å². The van der Waals surface area contributed by atoms with E-state index in [0.29, 0.717) is 12.8 Å². The second-order valence-corrected chi connectivity index (χ2v) is 5.25. The fraction of sp³-hybridized carbons (Fsp3) is 0.312. The highest BCUT2D eigenvalue weighted by Crippen LogP contribution is 2.39. The quantitative estimate of drug-likeness (QED) is 0.622. The van der Waals surface area contributed by atoms with Crippen molar-refractivity contribution >= 4 is 17.8 Å². The fourth-order valence-corrected chi connectivity index (χ4v) is 2.67. The van der Waals surface area contributed by atoms with E-state index in [-0.39, 0.29) is 30.0 Å². The first-order valence-corrected chi connectivity index (χ1v) is 7.01. The first-order chi connectivity index (χ1) is 10.6. The lowest BCUT2D eigenvalue weighted by Gasteiger charge is -2.35. The van der Waals surface area contributed by atoms with E-state index in [1.165, 1.54) is 11.8 Å². The van der Waals surface area contributed by atoms with Crippen molar-refractivity contribution in [2.75, 3.05) is 0 Å². The second kappa shape index (κ2) is 5.63. The zero-order valence-electron chi connectivity index (χ0n) is 12.1. The molecule has 1 aromatic carbocycles. The largest absolute Gasteiger partial charge is 0.456 e. The molecule has 6 heteroatoms. The minimum Gasteiger partial charge on any atom is -0.456 e. The van der Waals surface area contributed by atoms with Gasteiger partial charge in [-0.15, -0.1) is 0 Å². The van der Waals surface area contributed by atoms with Crippen molar-refractivity contribution in [2.45, 2.75) is 32.4 Å². The molecule has 22 heavy (non-hydrogen) atoms. The zero-order valence-corrected chi connectivity index (χ0v) is 12.1. The predicted molar refractivity (Wildman–Crippen MR) is 74.9 cm³/mol. The van der Waals surface area contributed by atoms with Gasteiger partial charge in [-0.2, -0.15) is 0 Å². The minimum absolute atomic E-state index is 0.0624. The van der Waals surface area contributed by atoms with Crippen molar-refractivity contribution in [1.82, 2.24) is 4.90 Å². The molecule has 1 aromatic rings. The average Bonchev–Trinajstić information content (AvgIpc) is 2.77. The fourth-order valence-electron chi connectivity index (χ4n) is 2.67. The summed E-state index contributed by atoms with van der Waals surface area (Å²) in [4.78, 5) is 36.5. The van der Waals surface area contributed by atoms with Crippen LogP contribution < -0.4 is 0 Å². The van der Waals surface area contributed by atoms with E-state index in [2.05, 4.69) is 0 Å². The van der Waals surface area contributed by atoms with Gasteiger partial charge in [0.25, 0.3) is 0 Å². The van der Waals surface area contributed by atoms with Crippen LogP contribution in [0, 0.1) is 0 Å². The lowest BCUT2D eigenvalue weighted by Crippen LogP contribution is -2.49. The Morgan fingerprint density at radius 3 is 2.59 bits per heavy atom. The second-order valence-electron chi connectivity index (χ2n) is 5.25. The molecule has 0 saturated carbocycles. The first-order valence-electron chi connectivity index (χ1n) is 7.01. The number of carbonyl (C=O) groups is 3. The molecular weight excluding hydrogens is 286 g/mol. The van der Waals surface area contributed by atoms with Gasteiger partial charge < -0.3 is 9.47 Å².